The summed E-state index contributed by atoms with van der Waals surface area (Å²) in [6, 6.07) is 5.39. The Morgan fingerprint density at radius 2 is 2.20 bits per heavy atom. The summed E-state index contributed by atoms with van der Waals surface area (Å²) >= 11 is 0. The van der Waals surface area contributed by atoms with Crippen LogP contribution >= 0.6 is 0 Å². The number of rotatable bonds is 9. The molecule has 0 fully saturated rings. The van der Waals surface area contributed by atoms with Crippen LogP contribution in [-0.2, 0) is 11.3 Å². The second kappa shape index (κ2) is 9.15. The third-order valence-corrected chi connectivity index (χ3v) is 2.64. The van der Waals surface area contributed by atoms with Gasteiger partial charge in [-0.2, -0.15) is 0 Å². The van der Waals surface area contributed by atoms with Gasteiger partial charge in [0, 0.05) is 24.3 Å². The minimum Gasteiger partial charge on any atom is -0.494 e. The summed E-state index contributed by atoms with van der Waals surface area (Å²) in [4.78, 5) is 11.9. The molecule has 1 N–H and O–H groups in total. The topological polar surface area (TPSA) is 47.6 Å². The molecule has 0 radical (unpaired) electrons. The molecule has 110 valence electrons. The molecule has 0 aliphatic carbocycles. The molecular formula is C16H23NO3. The predicted molar refractivity (Wildman–Crippen MR) is 80.1 cm³/mol. The Bertz CT molecular complexity index is 443. The van der Waals surface area contributed by atoms with Gasteiger partial charge in [-0.15, -0.1) is 6.58 Å². The molecular weight excluding hydrogens is 254 g/mol. The van der Waals surface area contributed by atoms with Crippen LogP contribution in [0.1, 0.15) is 36.2 Å². The molecule has 0 spiro atoms. The van der Waals surface area contributed by atoms with E-state index in [4.69, 9.17) is 9.47 Å². The van der Waals surface area contributed by atoms with E-state index in [0.717, 1.165) is 17.7 Å². The summed E-state index contributed by atoms with van der Waals surface area (Å²) in [5, 5.41) is 2.76. The molecule has 1 aromatic carbocycles. The Morgan fingerprint density at radius 3 is 2.85 bits per heavy atom. The zero-order valence-electron chi connectivity index (χ0n) is 12.3. The fourth-order valence-corrected chi connectivity index (χ4v) is 1.72. The minimum absolute atomic E-state index is 0.121. The summed E-state index contributed by atoms with van der Waals surface area (Å²) in [7, 11) is 0. The fraction of sp³-hybridized carbons (Fsp3) is 0.438. The van der Waals surface area contributed by atoms with E-state index in [1.807, 2.05) is 19.1 Å². The molecule has 1 amide bonds. The molecule has 0 atom stereocenters. The quantitative estimate of drug-likeness (QED) is 0.557. The Kier molecular flexibility index (Phi) is 7.43. The first-order valence-corrected chi connectivity index (χ1v) is 6.95. The number of hydrogen-bond acceptors (Lipinski definition) is 3. The van der Waals surface area contributed by atoms with Crippen LogP contribution in [-0.4, -0.2) is 25.7 Å². The van der Waals surface area contributed by atoms with Gasteiger partial charge in [0.1, 0.15) is 5.75 Å². The molecule has 0 unspecified atom stereocenters. The number of nitrogens with one attached hydrogen (secondary N) is 1. The lowest BCUT2D eigenvalue weighted by Gasteiger charge is -2.12. The number of carbonyl (C=O) groups excluding carboxylic acids is 1. The number of benzene rings is 1. The Balaban J connectivity index is 2.84. The van der Waals surface area contributed by atoms with Gasteiger partial charge in [0.25, 0.3) is 5.91 Å². The van der Waals surface area contributed by atoms with Crippen LogP contribution in [0.4, 0.5) is 0 Å². The van der Waals surface area contributed by atoms with Crippen molar-refractivity contribution < 1.29 is 14.3 Å². The van der Waals surface area contributed by atoms with Crippen molar-refractivity contribution in [2.45, 2.75) is 26.9 Å². The zero-order valence-corrected chi connectivity index (χ0v) is 12.3. The van der Waals surface area contributed by atoms with Gasteiger partial charge in [0.05, 0.1) is 13.2 Å². The number of carbonyl (C=O) groups is 1. The van der Waals surface area contributed by atoms with Crippen molar-refractivity contribution in [1.82, 2.24) is 5.32 Å². The van der Waals surface area contributed by atoms with Gasteiger partial charge in [-0.1, -0.05) is 13.0 Å². The zero-order chi connectivity index (χ0) is 14.8. The van der Waals surface area contributed by atoms with Crippen LogP contribution in [0.15, 0.2) is 30.9 Å². The lowest BCUT2D eigenvalue weighted by molar-refractivity contribution is 0.0957. The van der Waals surface area contributed by atoms with Crippen molar-refractivity contribution in [3.05, 3.63) is 42.0 Å². The second-order valence-corrected chi connectivity index (χ2v) is 4.31. The maximum absolute atomic E-state index is 11.9. The molecule has 0 aliphatic heterocycles. The Morgan fingerprint density at radius 1 is 1.40 bits per heavy atom. The summed E-state index contributed by atoms with van der Waals surface area (Å²) in [6.07, 6.45) is 2.61. The van der Waals surface area contributed by atoms with E-state index in [0.29, 0.717) is 31.9 Å². The maximum atomic E-state index is 11.9. The minimum atomic E-state index is -0.121. The molecule has 4 nitrogen and oxygen atoms in total. The Labute approximate surface area is 120 Å². The molecule has 0 saturated carbocycles. The van der Waals surface area contributed by atoms with Crippen molar-refractivity contribution in [1.29, 1.82) is 0 Å². The molecule has 4 heteroatoms. The van der Waals surface area contributed by atoms with E-state index in [9.17, 15) is 4.79 Å². The van der Waals surface area contributed by atoms with E-state index >= 15 is 0 Å². The first-order valence-electron chi connectivity index (χ1n) is 6.95. The van der Waals surface area contributed by atoms with E-state index in [-0.39, 0.29) is 5.91 Å². The lowest BCUT2D eigenvalue weighted by atomic mass is 10.1. The number of amides is 1. The molecule has 0 saturated heterocycles. The van der Waals surface area contributed by atoms with Crippen LogP contribution < -0.4 is 10.1 Å². The highest BCUT2D eigenvalue weighted by molar-refractivity contribution is 5.94. The van der Waals surface area contributed by atoms with Gasteiger partial charge in [0.15, 0.2) is 0 Å². The molecule has 0 aromatic heterocycles. The normalized spacial score (nSPS) is 10.1. The van der Waals surface area contributed by atoms with Crippen LogP contribution in [0.25, 0.3) is 0 Å². The van der Waals surface area contributed by atoms with E-state index in [2.05, 4.69) is 18.8 Å². The standard InChI is InChI=1S/C16H23NO3/c1-4-9-17-16(18)13-7-8-15(20-6-3)14(11-13)12-19-10-5-2/h4,7-8,11H,1,5-6,9-10,12H2,2-3H3,(H,17,18). The van der Waals surface area contributed by atoms with Crippen LogP contribution in [0.3, 0.4) is 0 Å². The van der Waals surface area contributed by atoms with Crippen molar-refractivity contribution in [3.63, 3.8) is 0 Å². The van der Waals surface area contributed by atoms with Gasteiger partial charge in [-0.25, -0.2) is 0 Å². The average Bonchev–Trinajstić information content (AvgIpc) is 2.46. The molecule has 1 aromatic rings. The second-order valence-electron chi connectivity index (χ2n) is 4.31. The van der Waals surface area contributed by atoms with E-state index < -0.39 is 0 Å². The van der Waals surface area contributed by atoms with E-state index in [1.165, 1.54) is 0 Å². The molecule has 0 bridgehead atoms. The predicted octanol–water partition coefficient (Wildman–Crippen LogP) is 2.93. The monoisotopic (exact) mass is 277 g/mol. The maximum Gasteiger partial charge on any atom is 0.251 e. The summed E-state index contributed by atoms with van der Waals surface area (Å²) < 4.78 is 11.1. The van der Waals surface area contributed by atoms with Crippen molar-refractivity contribution in [3.8, 4) is 5.75 Å². The molecule has 0 heterocycles. The van der Waals surface area contributed by atoms with Gasteiger partial charge in [-0.3, -0.25) is 4.79 Å². The first-order chi connectivity index (χ1) is 9.72. The molecule has 20 heavy (non-hydrogen) atoms. The number of hydrogen-bond donors (Lipinski definition) is 1. The highest BCUT2D eigenvalue weighted by Gasteiger charge is 2.10. The third kappa shape index (κ3) is 5.05. The third-order valence-electron chi connectivity index (χ3n) is 2.64. The smallest absolute Gasteiger partial charge is 0.251 e. The highest BCUT2D eigenvalue weighted by Crippen LogP contribution is 2.21. The molecule has 0 aliphatic rings. The van der Waals surface area contributed by atoms with Crippen molar-refractivity contribution in [2.24, 2.45) is 0 Å². The fourth-order valence-electron chi connectivity index (χ4n) is 1.72. The van der Waals surface area contributed by atoms with Gasteiger partial charge >= 0.3 is 0 Å². The largest absolute Gasteiger partial charge is 0.494 e. The van der Waals surface area contributed by atoms with Crippen LogP contribution in [0.2, 0.25) is 0 Å². The number of ether oxygens (including phenoxy) is 2. The van der Waals surface area contributed by atoms with Crippen molar-refractivity contribution >= 4 is 5.91 Å². The van der Waals surface area contributed by atoms with Crippen LogP contribution in [0.5, 0.6) is 5.75 Å². The van der Waals surface area contributed by atoms with Crippen LogP contribution in [0, 0.1) is 0 Å². The summed E-state index contributed by atoms with van der Waals surface area (Å²) in [5.74, 6) is 0.647. The highest BCUT2D eigenvalue weighted by atomic mass is 16.5. The SMILES string of the molecule is C=CCNC(=O)c1ccc(OCC)c(COCCC)c1. The van der Waals surface area contributed by atoms with Gasteiger partial charge < -0.3 is 14.8 Å². The first kappa shape index (κ1) is 16.2. The van der Waals surface area contributed by atoms with Crippen molar-refractivity contribution in [2.75, 3.05) is 19.8 Å². The van der Waals surface area contributed by atoms with Gasteiger partial charge in [0.2, 0.25) is 0 Å². The summed E-state index contributed by atoms with van der Waals surface area (Å²) in [6.45, 7) is 9.75. The molecule has 1 rings (SSSR count). The average molecular weight is 277 g/mol. The lowest BCUT2D eigenvalue weighted by Crippen LogP contribution is -2.23. The van der Waals surface area contributed by atoms with E-state index in [1.54, 1.807) is 12.1 Å². The summed E-state index contributed by atoms with van der Waals surface area (Å²) in [5.41, 5.74) is 1.50. The van der Waals surface area contributed by atoms with Gasteiger partial charge in [-0.05, 0) is 31.5 Å². The Hall–Kier alpha value is -1.81.